The molecule has 0 radical (unpaired) electrons. The standard InChI is InChI=1S/C15H18NOS/c1-16-10-4-3-5-13(16)11-15(17)12-6-8-14(18-2)9-7-12/h3-10,15,17H,11H2,1-2H3/q+1. The predicted octanol–water partition coefficient (Wildman–Crippen LogP) is 2.51. The van der Waals surface area contributed by atoms with Gasteiger partial charge in [0.05, 0.1) is 12.5 Å². The van der Waals surface area contributed by atoms with Gasteiger partial charge in [0.25, 0.3) is 0 Å². The maximum absolute atomic E-state index is 10.2. The minimum absolute atomic E-state index is 0.450. The molecule has 0 aliphatic carbocycles. The number of rotatable bonds is 4. The Morgan fingerprint density at radius 2 is 1.89 bits per heavy atom. The van der Waals surface area contributed by atoms with Gasteiger partial charge < -0.3 is 5.11 Å². The maximum Gasteiger partial charge on any atom is 0.184 e. The van der Waals surface area contributed by atoms with Crippen molar-refractivity contribution < 1.29 is 9.67 Å². The molecule has 3 heteroatoms. The van der Waals surface area contributed by atoms with Crippen molar-refractivity contribution in [1.82, 2.24) is 0 Å². The fraction of sp³-hybridized carbons (Fsp3) is 0.267. The second-order valence-corrected chi connectivity index (χ2v) is 5.18. The van der Waals surface area contributed by atoms with E-state index in [1.165, 1.54) is 4.90 Å². The quantitative estimate of drug-likeness (QED) is 0.674. The number of aromatic nitrogens is 1. The molecule has 1 N–H and O–H groups in total. The number of aliphatic hydroxyl groups excluding tert-OH is 1. The van der Waals surface area contributed by atoms with Crippen LogP contribution in [-0.2, 0) is 13.5 Å². The minimum atomic E-state index is -0.450. The SMILES string of the molecule is CSc1ccc(C(O)Cc2cccc[n+]2C)cc1. The Bertz CT molecular complexity index is 510. The van der Waals surface area contributed by atoms with Gasteiger partial charge in [-0.15, -0.1) is 11.8 Å². The van der Waals surface area contributed by atoms with Crippen LogP contribution < -0.4 is 4.57 Å². The normalized spacial score (nSPS) is 12.4. The van der Waals surface area contributed by atoms with Crippen molar-refractivity contribution >= 4 is 11.8 Å². The number of pyridine rings is 1. The number of aryl methyl sites for hydroxylation is 1. The number of thioether (sulfide) groups is 1. The van der Waals surface area contributed by atoms with Crippen molar-refractivity contribution in [2.75, 3.05) is 6.26 Å². The lowest BCUT2D eigenvalue weighted by molar-refractivity contribution is -0.679. The molecule has 1 aromatic heterocycles. The predicted molar refractivity (Wildman–Crippen MR) is 74.5 cm³/mol. The van der Waals surface area contributed by atoms with Gasteiger partial charge in [0.2, 0.25) is 0 Å². The van der Waals surface area contributed by atoms with Gasteiger partial charge in [0, 0.05) is 17.0 Å². The molecule has 0 fully saturated rings. The summed E-state index contributed by atoms with van der Waals surface area (Å²) in [4.78, 5) is 1.22. The van der Waals surface area contributed by atoms with E-state index in [9.17, 15) is 5.11 Å². The van der Waals surface area contributed by atoms with E-state index in [0.29, 0.717) is 6.42 Å². The van der Waals surface area contributed by atoms with Gasteiger partial charge in [-0.25, -0.2) is 4.57 Å². The molecule has 0 amide bonds. The van der Waals surface area contributed by atoms with Gasteiger partial charge in [-0.2, -0.15) is 0 Å². The lowest BCUT2D eigenvalue weighted by Gasteiger charge is -2.10. The second kappa shape index (κ2) is 6.03. The van der Waals surface area contributed by atoms with E-state index in [4.69, 9.17) is 0 Å². The first-order valence-electron chi connectivity index (χ1n) is 5.96. The fourth-order valence-electron chi connectivity index (χ4n) is 1.91. The van der Waals surface area contributed by atoms with Gasteiger partial charge >= 0.3 is 0 Å². The minimum Gasteiger partial charge on any atom is -0.388 e. The van der Waals surface area contributed by atoms with Crippen molar-refractivity contribution in [3.63, 3.8) is 0 Å². The van der Waals surface area contributed by atoms with Crippen LogP contribution in [0.15, 0.2) is 53.6 Å². The van der Waals surface area contributed by atoms with E-state index in [-0.39, 0.29) is 0 Å². The molecule has 18 heavy (non-hydrogen) atoms. The topological polar surface area (TPSA) is 24.1 Å². The van der Waals surface area contributed by atoms with Crippen LogP contribution >= 0.6 is 11.8 Å². The average Bonchev–Trinajstić information content (AvgIpc) is 2.41. The van der Waals surface area contributed by atoms with E-state index in [1.54, 1.807) is 11.8 Å². The number of hydrogen-bond donors (Lipinski definition) is 1. The molecule has 2 aromatic rings. The van der Waals surface area contributed by atoms with E-state index in [2.05, 4.69) is 6.26 Å². The van der Waals surface area contributed by atoms with Crippen molar-refractivity contribution in [3.05, 3.63) is 59.9 Å². The Balaban J connectivity index is 2.11. The highest BCUT2D eigenvalue weighted by Crippen LogP contribution is 2.20. The summed E-state index contributed by atoms with van der Waals surface area (Å²) >= 11 is 1.71. The summed E-state index contributed by atoms with van der Waals surface area (Å²) in [6, 6.07) is 14.1. The Morgan fingerprint density at radius 1 is 1.17 bits per heavy atom. The third kappa shape index (κ3) is 3.12. The van der Waals surface area contributed by atoms with Crippen LogP contribution in [0.5, 0.6) is 0 Å². The van der Waals surface area contributed by atoms with Crippen molar-refractivity contribution in [1.29, 1.82) is 0 Å². The molecule has 0 aliphatic heterocycles. The maximum atomic E-state index is 10.2. The Hall–Kier alpha value is -1.32. The molecule has 94 valence electrons. The second-order valence-electron chi connectivity index (χ2n) is 4.30. The van der Waals surface area contributed by atoms with Crippen LogP contribution in [0.4, 0.5) is 0 Å². The van der Waals surface area contributed by atoms with Gasteiger partial charge in [-0.1, -0.05) is 18.2 Å². The van der Waals surface area contributed by atoms with Crippen molar-refractivity contribution in [2.24, 2.45) is 7.05 Å². The molecule has 1 aromatic carbocycles. The van der Waals surface area contributed by atoms with Crippen LogP contribution in [0, 0.1) is 0 Å². The molecule has 2 rings (SSSR count). The van der Waals surface area contributed by atoms with Crippen LogP contribution in [-0.4, -0.2) is 11.4 Å². The summed E-state index contributed by atoms with van der Waals surface area (Å²) in [7, 11) is 2.00. The lowest BCUT2D eigenvalue weighted by Crippen LogP contribution is -2.33. The van der Waals surface area contributed by atoms with Crippen LogP contribution in [0.25, 0.3) is 0 Å². The van der Waals surface area contributed by atoms with E-state index < -0.39 is 6.10 Å². The third-order valence-corrected chi connectivity index (χ3v) is 3.81. The zero-order valence-electron chi connectivity index (χ0n) is 10.7. The Morgan fingerprint density at radius 3 is 2.50 bits per heavy atom. The van der Waals surface area contributed by atoms with Gasteiger partial charge in [0.15, 0.2) is 11.9 Å². The average molecular weight is 260 g/mol. The van der Waals surface area contributed by atoms with Gasteiger partial charge in [-0.3, -0.25) is 0 Å². The summed E-state index contributed by atoms with van der Waals surface area (Å²) in [5, 5.41) is 10.2. The Labute approximate surface area is 112 Å². The molecular weight excluding hydrogens is 242 g/mol. The van der Waals surface area contributed by atoms with Crippen molar-refractivity contribution in [3.8, 4) is 0 Å². The lowest BCUT2D eigenvalue weighted by atomic mass is 10.0. The molecule has 0 bridgehead atoms. The molecular formula is C15H18NOS+. The molecule has 1 unspecified atom stereocenters. The molecule has 0 saturated heterocycles. The highest BCUT2D eigenvalue weighted by molar-refractivity contribution is 7.98. The number of benzene rings is 1. The van der Waals surface area contributed by atoms with Crippen LogP contribution in [0.2, 0.25) is 0 Å². The highest BCUT2D eigenvalue weighted by Gasteiger charge is 2.14. The van der Waals surface area contributed by atoms with Gasteiger partial charge in [0.1, 0.15) is 7.05 Å². The van der Waals surface area contributed by atoms with E-state index >= 15 is 0 Å². The first-order valence-corrected chi connectivity index (χ1v) is 7.18. The first kappa shape index (κ1) is 13.1. The summed E-state index contributed by atoms with van der Waals surface area (Å²) in [6.45, 7) is 0. The molecule has 0 saturated carbocycles. The third-order valence-electron chi connectivity index (χ3n) is 3.07. The Kier molecular flexibility index (Phi) is 4.39. The molecule has 0 spiro atoms. The number of aliphatic hydroxyl groups is 1. The highest BCUT2D eigenvalue weighted by atomic mass is 32.2. The van der Waals surface area contributed by atoms with Crippen LogP contribution in [0.1, 0.15) is 17.4 Å². The molecule has 0 aliphatic rings. The van der Waals surface area contributed by atoms with Gasteiger partial charge in [-0.05, 0) is 24.0 Å². The smallest absolute Gasteiger partial charge is 0.184 e. The summed E-state index contributed by atoms with van der Waals surface area (Å²) in [5.41, 5.74) is 2.09. The summed E-state index contributed by atoms with van der Waals surface area (Å²) in [6.07, 6.45) is 4.24. The van der Waals surface area contributed by atoms with E-state index in [1.807, 2.05) is 60.3 Å². The van der Waals surface area contributed by atoms with Crippen molar-refractivity contribution in [2.45, 2.75) is 17.4 Å². The number of hydrogen-bond acceptors (Lipinski definition) is 2. The van der Waals surface area contributed by atoms with E-state index in [0.717, 1.165) is 11.3 Å². The zero-order valence-corrected chi connectivity index (χ0v) is 11.5. The summed E-state index contributed by atoms with van der Waals surface area (Å²) in [5.74, 6) is 0. The molecule has 2 nitrogen and oxygen atoms in total. The largest absolute Gasteiger partial charge is 0.388 e. The monoisotopic (exact) mass is 260 g/mol. The molecule has 1 atom stereocenters. The first-order chi connectivity index (χ1) is 8.70. The molecule has 1 heterocycles. The summed E-state index contributed by atoms with van der Waals surface area (Å²) < 4.78 is 2.04. The fourth-order valence-corrected chi connectivity index (χ4v) is 2.32. The van der Waals surface area contributed by atoms with Crippen LogP contribution in [0.3, 0.4) is 0 Å². The zero-order chi connectivity index (χ0) is 13.0. The number of nitrogens with zero attached hydrogens (tertiary/aromatic N) is 1.